The van der Waals surface area contributed by atoms with Crippen molar-refractivity contribution in [2.24, 2.45) is 0 Å². The van der Waals surface area contributed by atoms with E-state index in [1.54, 1.807) is 25.1 Å². The molecule has 6 heteroatoms. The molecule has 90 valence electrons. The van der Waals surface area contributed by atoms with Crippen LogP contribution in [0.2, 0.25) is 0 Å². The molecule has 0 spiro atoms. The first-order chi connectivity index (χ1) is 7.33. The van der Waals surface area contributed by atoms with Crippen molar-refractivity contribution < 1.29 is 17.9 Å². The summed E-state index contributed by atoms with van der Waals surface area (Å²) in [5, 5.41) is 0. The first-order valence-corrected chi connectivity index (χ1v) is 4.99. The molecule has 0 amide bonds. The van der Waals surface area contributed by atoms with Gasteiger partial charge in [0.2, 0.25) is 0 Å². The quantitative estimate of drug-likeness (QED) is 0.766. The number of rotatable bonds is 3. The molecule has 0 atom stereocenters. The molecule has 0 aromatic heterocycles. The Morgan fingerprint density at radius 3 is 2.38 bits per heavy atom. The van der Waals surface area contributed by atoms with Crippen molar-refractivity contribution in [2.45, 2.75) is 12.2 Å². The highest BCUT2D eigenvalue weighted by Gasteiger charge is 2.32. The Labute approximate surface area is 96.6 Å². The number of benzene rings is 1. The summed E-state index contributed by atoms with van der Waals surface area (Å²) in [5.74, 6) is -0.291. The molecule has 2 nitrogen and oxygen atoms in total. The highest BCUT2D eigenvalue weighted by molar-refractivity contribution is 6.17. The Morgan fingerprint density at radius 2 is 1.94 bits per heavy atom. The topological polar surface area (TPSA) is 12.5 Å². The maximum Gasteiger partial charge on any atom is 0.573 e. The third-order valence-corrected chi connectivity index (χ3v) is 2.22. The third-order valence-electron chi connectivity index (χ3n) is 1.93. The molecule has 0 aliphatic rings. The summed E-state index contributed by atoms with van der Waals surface area (Å²) in [6, 6.07) is 4.37. The molecular formula is C10H11ClF3NO. The number of nitrogens with zero attached hydrogens (tertiary/aromatic N) is 1. The van der Waals surface area contributed by atoms with Crippen LogP contribution in [0.4, 0.5) is 18.9 Å². The third kappa shape index (κ3) is 3.48. The number of alkyl halides is 4. The van der Waals surface area contributed by atoms with Crippen LogP contribution in [-0.4, -0.2) is 20.5 Å². The fourth-order valence-corrected chi connectivity index (χ4v) is 1.38. The van der Waals surface area contributed by atoms with Gasteiger partial charge in [0.25, 0.3) is 0 Å². The molecule has 1 rings (SSSR count). The molecule has 0 unspecified atom stereocenters. The molecule has 0 aliphatic carbocycles. The van der Waals surface area contributed by atoms with Gasteiger partial charge in [0, 0.05) is 25.3 Å². The van der Waals surface area contributed by atoms with Crippen LogP contribution < -0.4 is 9.64 Å². The maximum absolute atomic E-state index is 12.0. The lowest BCUT2D eigenvalue weighted by atomic mass is 10.2. The van der Waals surface area contributed by atoms with Crippen LogP contribution in [0.3, 0.4) is 0 Å². The van der Waals surface area contributed by atoms with E-state index in [-0.39, 0.29) is 11.6 Å². The second-order valence-electron chi connectivity index (χ2n) is 3.37. The van der Waals surface area contributed by atoms with E-state index in [2.05, 4.69) is 4.74 Å². The molecule has 0 bridgehead atoms. The minimum absolute atomic E-state index is 0.0346. The maximum atomic E-state index is 12.0. The Hall–Kier alpha value is -1.10. The van der Waals surface area contributed by atoms with Crippen LogP contribution in [0.15, 0.2) is 18.2 Å². The second kappa shape index (κ2) is 4.82. The second-order valence-corrected chi connectivity index (χ2v) is 3.64. The predicted molar refractivity (Wildman–Crippen MR) is 57.0 cm³/mol. The lowest BCUT2D eigenvalue weighted by Gasteiger charge is -2.16. The molecule has 0 aliphatic heterocycles. The standard InChI is InChI=1S/C10H11ClF3NO/c1-15(2)8-3-4-9(7(5-8)6-11)16-10(12,13)14/h3-5H,6H2,1-2H3. The largest absolute Gasteiger partial charge is 0.573 e. The number of ether oxygens (including phenoxy) is 1. The summed E-state index contributed by atoms with van der Waals surface area (Å²) in [6.07, 6.45) is -4.69. The van der Waals surface area contributed by atoms with E-state index >= 15 is 0 Å². The molecule has 1 aromatic carbocycles. The first-order valence-electron chi connectivity index (χ1n) is 4.45. The number of halogens is 4. The zero-order valence-electron chi connectivity index (χ0n) is 8.81. The monoisotopic (exact) mass is 253 g/mol. The van der Waals surface area contributed by atoms with Gasteiger partial charge in [-0.2, -0.15) is 0 Å². The van der Waals surface area contributed by atoms with Crippen molar-refractivity contribution in [1.82, 2.24) is 0 Å². The van der Waals surface area contributed by atoms with Crippen LogP contribution in [0.25, 0.3) is 0 Å². The van der Waals surface area contributed by atoms with Crippen molar-refractivity contribution in [1.29, 1.82) is 0 Å². The molecular weight excluding hydrogens is 243 g/mol. The van der Waals surface area contributed by atoms with Gasteiger partial charge in [0.05, 0.1) is 5.88 Å². The summed E-state index contributed by atoms with van der Waals surface area (Å²) in [4.78, 5) is 1.77. The van der Waals surface area contributed by atoms with Crippen molar-refractivity contribution >= 4 is 17.3 Å². The summed E-state index contributed by atoms with van der Waals surface area (Å²) in [5.41, 5.74) is 1.08. The Balaban J connectivity index is 3.02. The lowest BCUT2D eigenvalue weighted by molar-refractivity contribution is -0.274. The predicted octanol–water partition coefficient (Wildman–Crippen LogP) is 3.39. The van der Waals surface area contributed by atoms with Gasteiger partial charge in [-0.25, -0.2) is 0 Å². The first kappa shape index (κ1) is 13.0. The normalized spacial score (nSPS) is 11.4. The average Bonchev–Trinajstić information content (AvgIpc) is 2.15. The van der Waals surface area contributed by atoms with Gasteiger partial charge in [-0.3, -0.25) is 0 Å². The lowest BCUT2D eigenvalue weighted by Crippen LogP contribution is -2.18. The van der Waals surface area contributed by atoms with Crippen molar-refractivity contribution in [3.05, 3.63) is 23.8 Å². The Bertz CT molecular complexity index is 366. The van der Waals surface area contributed by atoms with E-state index in [0.29, 0.717) is 5.56 Å². The zero-order chi connectivity index (χ0) is 12.3. The van der Waals surface area contributed by atoms with Crippen molar-refractivity contribution in [3.8, 4) is 5.75 Å². The molecule has 0 saturated heterocycles. The molecule has 0 fully saturated rings. The Kier molecular flexibility index (Phi) is 3.91. The molecule has 0 N–H and O–H groups in total. The van der Waals surface area contributed by atoms with Crippen LogP contribution in [0, 0.1) is 0 Å². The summed E-state index contributed by atoms with van der Waals surface area (Å²) >= 11 is 5.57. The SMILES string of the molecule is CN(C)c1ccc(OC(F)(F)F)c(CCl)c1. The molecule has 1 aromatic rings. The van der Waals surface area contributed by atoms with E-state index in [4.69, 9.17) is 11.6 Å². The van der Waals surface area contributed by atoms with E-state index in [9.17, 15) is 13.2 Å². The van der Waals surface area contributed by atoms with Crippen molar-refractivity contribution in [3.63, 3.8) is 0 Å². The molecule has 0 heterocycles. The fourth-order valence-electron chi connectivity index (χ4n) is 1.17. The summed E-state index contributed by atoms with van der Waals surface area (Å²) in [6.45, 7) is 0. The average molecular weight is 254 g/mol. The van der Waals surface area contributed by atoms with Gasteiger partial charge in [0.15, 0.2) is 0 Å². The van der Waals surface area contributed by atoms with Gasteiger partial charge in [0.1, 0.15) is 5.75 Å². The van der Waals surface area contributed by atoms with Gasteiger partial charge < -0.3 is 9.64 Å². The highest BCUT2D eigenvalue weighted by atomic mass is 35.5. The molecule has 0 saturated carbocycles. The number of hydrogen-bond donors (Lipinski definition) is 0. The Morgan fingerprint density at radius 1 is 1.31 bits per heavy atom. The van der Waals surface area contributed by atoms with Crippen LogP contribution in [-0.2, 0) is 5.88 Å². The van der Waals surface area contributed by atoms with Gasteiger partial charge in [-0.15, -0.1) is 24.8 Å². The summed E-state index contributed by atoms with van der Waals surface area (Å²) in [7, 11) is 3.58. The molecule has 0 radical (unpaired) electrons. The minimum atomic E-state index is -4.69. The zero-order valence-corrected chi connectivity index (χ0v) is 9.56. The highest BCUT2D eigenvalue weighted by Crippen LogP contribution is 2.30. The van der Waals surface area contributed by atoms with Gasteiger partial charge >= 0.3 is 6.36 Å². The van der Waals surface area contributed by atoms with Gasteiger partial charge in [-0.05, 0) is 18.2 Å². The smallest absolute Gasteiger partial charge is 0.405 e. The van der Waals surface area contributed by atoms with Crippen molar-refractivity contribution in [2.75, 3.05) is 19.0 Å². The van der Waals surface area contributed by atoms with E-state index in [1.807, 2.05) is 0 Å². The van der Waals surface area contributed by atoms with E-state index in [1.165, 1.54) is 12.1 Å². The van der Waals surface area contributed by atoms with E-state index in [0.717, 1.165) is 5.69 Å². The summed E-state index contributed by atoms with van der Waals surface area (Å²) < 4.78 is 40.0. The van der Waals surface area contributed by atoms with Gasteiger partial charge in [-0.1, -0.05) is 0 Å². The number of anilines is 1. The fraction of sp³-hybridized carbons (Fsp3) is 0.400. The van der Waals surface area contributed by atoms with Crippen LogP contribution >= 0.6 is 11.6 Å². The number of hydrogen-bond acceptors (Lipinski definition) is 2. The minimum Gasteiger partial charge on any atom is -0.405 e. The van der Waals surface area contributed by atoms with Crippen LogP contribution in [0.1, 0.15) is 5.56 Å². The molecule has 16 heavy (non-hydrogen) atoms. The van der Waals surface area contributed by atoms with E-state index < -0.39 is 6.36 Å². The van der Waals surface area contributed by atoms with Crippen LogP contribution in [0.5, 0.6) is 5.75 Å².